The van der Waals surface area contributed by atoms with Gasteiger partial charge in [0.2, 0.25) is 5.28 Å². The van der Waals surface area contributed by atoms with Gasteiger partial charge in [-0.2, -0.15) is 9.97 Å². The maximum absolute atomic E-state index is 8.85. The summed E-state index contributed by atoms with van der Waals surface area (Å²) in [5.41, 5.74) is 0.395. The third-order valence-corrected chi connectivity index (χ3v) is 4.10. The van der Waals surface area contributed by atoms with E-state index in [0.717, 1.165) is 0 Å². The number of aromatic nitrogens is 3. The van der Waals surface area contributed by atoms with Crippen molar-refractivity contribution in [1.82, 2.24) is 15.0 Å². The van der Waals surface area contributed by atoms with E-state index in [1.165, 1.54) is 0 Å². The van der Waals surface area contributed by atoms with Crippen molar-refractivity contribution in [2.45, 2.75) is 0 Å². The Morgan fingerprint density at radius 3 is 2.22 bits per heavy atom. The van der Waals surface area contributed by atoms with E-state index in [-0.39, 0.29) is 44.0 Å². The Hall–Kier alpha value is -3.30. The summed E-state index contributed by atoms with van der Waals surface area (Å²) >= 11 is 6.13. The summed E-state index contributed by atoms with van der Waals surface area (Å²) < 4.78 is 75.9. The van der Waals surface area contributed by atoms with Gasteiger partial charge >= 0.3 is 0 Å². The van der Waals surface area contributed by atoms with Crippen LogP contribution in [0.2, 0.25) is 5.28 Å². The molecule has 0 spiro atoms. The lowest BCUT2D eigenvalue weighted by atomic mass is 10.00. The predicted molar refractivity (Wildman–Crippen MR) is 111 cm³/mol. The summed E-state index contributed by atoms with van der Waals surface area (Å²) in [7, 11) is 0. The molecule has 0 radical (unpaired) electrons. The topological polar surface area (TPSA) is 38.7 Å². The molecule has 0 saturated heterocycles. The van der Waals surface area contributed by atoms with Crippen molar-refractivity contribution in [3.05, 3.63) is 90.0 Å². The molecule has 3 nitrogen and oxygen atoms in total. The molecule has 0 fully saturated rings. The minimum Gasteiger partial charge on any atom is -0.208 e. The molecule has 4 heteroatoms. The zero-order valence-corrected chi connectivity index (χ0v) is 14.4. The zero-order chi connectivity index (χ0) is 26.0. The lowest BCUT2D eigenvalue weighted by Gasteiger charge is -2.08. The van der Waals surface area contributed by atoms with Gasteiger partial charge in [0.05, 0.1) is 12.3 Å². The molecule has 0 aliphatic heterocycles. The highest BCUT2D eigenvalue weighted by molar-refractivity contribution is 6.28. The van der Waals surface area contributed by atoms with Crippen LogP contribution in [-0.4, -0.2) is 15.0 Å². The first-order chi connectivity index (χ1) is 17.0. The first kappa shape index (κ1) is 9.07. The van der Waals surface area contributed by atoms with Gasteiger partial charge in [0.15, 0.2) is 11.6 Å². The number of nitrogens with zero attached hydrogens (tertiary/aromatic N) is 3. The molecule has 5 aromatic rings. The molecule has 0 saturated carbocycles. The van der Waals surface area contributed by atoms with E-state index in [2.05, 4.69) is 15.0 Å². The van der Waals surface area contributed by atoms with Crippen LogP contribution in [0.4, 0.5) is 0 Å². The lowest BCUT2D eigenvalue weighted by molar-refractivity contribution is 1.07. The van der Waals surface area contributed by atoms with Crippen molar-refractivity contribution in [1.29, 1.82) is 0 Å². The van der Waals surface area contributed by atoms with Crippen molar-refractivity contribution in [3.8, 4) is 22.8 Å². The van der Waals surface area contributed by atoms with E-state index in [1.54, 1.807) is 30.3 Å². The molecule has 0 amide bonds. The largest absolute Gasteiger partial charge is 0.226 e. The highest BCUT2D eigenvalue weighted by Gasteiger charge is 2.10. The van der Waals surface area contributed by atoms with Crippen molar-refractivity contribution in [3.63, 3.8) is 0 Å². The molecule has 0 N–H and O–H groups in total. The fourth-order valence-corrected chi connectivity index (χ4v) is 2.86. The van der Waals surface area contributed by atoms with Crippen molar-refractivity contribution in [2.75, 3.05) is 0 Å². The van der Waals surface area contributed by atoms with Gasteiger partial charge in [-0.3, -0.25) is 0 Å². The summed E-state index contributed by atoms with van der Waals surface area (Å²) in [6.45, 7) is 0. The quantitative estimate of drug-likeness (QED) is 0.346. The molecular formula is C23H14ClN3. The molecule has 1 heterocycles. The van der Waals surface area contributed by atoms with Gasteiger partial charge in [0, 0.05) is 11.1 Å². The minimum atomic E-state index is -0.579. The standard InChI is InChI=1S/C23H14ClN3/c24-23-26-21(16-7-2-1-3-8-16)25-22(27-23)18-12-13-20-17(14-18)11-10-15-6-4-5-9-19(15)20/h1-14H/i4D,5D,6D,9D,10D,11D,12D,13D,14D. The lowest BCUT2D eigenvalue weighted by Crippen LogP contribution is -1.97. The third kappa shape index (κ3) is 2.92. The fraction of sp³-hybridized carbons (Fsp3) is 0. The average molecular weight is 377 g/mol. The Morgan fingerprint density at radius 1 is 0.667 bits per heavy atom. The summed E-state index contributed by atoms with van der Waals surface area (Å²) in [4.78, 5) is 12.5. The summed E-state index contributed by atoms with van der Waals surface area (Å²) in [6, 6.07) is 4.20. The van der Waals surface area contributed by atoms with Crippen LogP contribution in [0.5, 0.6) is 0 Å². The third-order valence-electron chi connectivity index (χ3n) is 3.93. The summed E-state index contributed by atoms with van der Waals surface area (Å²) in [6.07, 6.45) is 0. The Kier molecular flexibility index (Phi) is 2.17. The molecule has 0 aliphatic rings. The Balaban J connectivity index is 1.95. The Labute approximate surface area is 174 Å². The SMILES string of the molecule is [2H]c1c([2H])c([2H])c2c(c1[2H])c([2H])c([2H])c1c([2H])c(-c3nc(Cl)nc(-c4ccccc4)n3)c([2H])c([2H])c12. The van der Waals surface area contributed by atoms with E-state index in [1.807, 2.05) is 0 Å². The Morgan fingerprint density at radius 2 is 1.37 bits per heavy atom. The molecule has 5 rings (SSSR count). The number of rotatable bonds is 2. The van der Waals surface area contributed by atoms with Gasteiger partial charge in [-0.25, -0.2) is 4.98 Å². The number of benzene rings is 4. The minimum absolute atomic E-state index is 0.166. The van der Waals surface area contributed by atoms with E-state index >= 15 is 0 Å². The van der Waals surface area contributed by atoms with Crippen LogP contribution in [0.15, 0.2) is 84.7 Å². The Bertz CT molecular complexity index is 1740. The van der Waals surface area contributed by atoms with Crippen LogP contribution >= 0.6 is 11.6 Å². The van der Waals surface area contributed by atoms with Crippen molar-refractivity contribution >= 4 is 33.1 Å². The smallest absolute Gasteiger partial charge is 0.208 e. The number of hydrogen-bond acceptors (Lipinski definition) is 3. The van der Waals surface area contributed by atoms with E-state index < -0.39 is 54.4 Å². The van der Waals surface area contributed by atoms with Crippen LogP contribution in [-0.2, 0) is 0 Å². The first-order valence-electron chi connectivity index (χ1n) is 12.4. The van der Waals surface area contributed by atoms with E-state index in [4.69, 9.17) is 23.9 Å². The summed E-state index contributed by atoms with van der Waals surface area (Å²) in [5, 5.41) is -1.03. The maximum atomic E-state index is 8.85. The molecule has 27 heavy (non-hydrogen) atoms. The van der Waals surface area contributed by atoms with Gasteiger partial charge in [0.1, 0.15) is 0 Å². The molecule has 4 aromatic carbocycles. The average Bonchev–Trinajstić information content (AvgIpc) is 2.86. The molecule has 1 aromatic heterocycles. The number of fused-ring (bicyclic) bond motifs is 3. The highest BCUT2D eigenvalue weighted by Crippen LogP contribution is 2.29. The van der Waals surface area contributed by atoms with Crippen molar-refractivity contribution in [2.24, 2.45) is 0 Å². The predicted octanol–water partition coefficient (Wildman–Crippen LogP) is 6.17. The first-order valence-corrected chi connectivity index (χ1v) is 8.32. The van der Waals surface area contributed by atoms with Crippen LogP contribution in [0, 0.1) is 0 Å². The fourth-order valence-electron chi connectivity index (χ4n) is 2.70. The second kappa shape index (κ2) is 6.45. The van der Waals surface area contributed by atoms with Crippen molar-refractivity contribution < 1.29 is 12.3 Å². The molecule has 0 unspecified atom stereocenters. The monoisotopic (exact) mass is 376 g/mol. The molecule has 0 aliphatic carbocycles. The van der Waals surface area contributed by atoms with Crippen LogP contribution in [0.3, 0.4) is 0 Å². The van der Waals surface area contributed by atoms with E-state index in [0.29, 0.717) is 5.56 Å². The van der Waals surface area contributed by atoms with Gasteiger partial charge in [-0.1, -0.05) is 78.7 Å². The normalized spacial score (nSPS) is 15.8. The van der Waals surface area contributed by atoms with Gasteiger partial charge in [-0.15, -0.1) is 0 Å². The van der Waals surface area contributed by atoms with Crippen LogP contribution in [0.1, 0.15) is 12.3 Å². The van der Waals surface area contributed by atoms with E-state index in [9.17, 15) is 0 Å². The molecule has 128 valence electrons. The zero-order valence-electron chi connectivity index (χ0n) is 22.6. The molecule has 0 atom stereocenters. The second-order valence-electron chi connectivity index (χ2n) is 5.62. The molecule has 0 bridgehead atoms. The van der Waals surface area contributed by atoms with Gasteiger partial charge < -0.3 is 0 Å². The number of hydrogen-bond donors (Lipinski definition) is 0. The van der Waals surface area contributed by atoms with Crippen LogP contribution in [0.25, 0.3) is 44.3 Å². The molecular weight excluding hydrogens is 354 g/mol. The van der Waals surface area contributed by atoms with Gasteiger partial charge in [-0.05, 0) is 39.2 Å². The van der Waals surface area contributed by atoms with Gasteiger partial charge in [0.25, 0.3) is 0 Å². The highest BCUT2D eigenvalue weighted by atomic mass is 35.5. The second-order valence-corrected chi connectivity index (χ2v) is 5.96. The number of halogens is 1. The maximum Gasteiger partial charge on any atom is 0.226 e. The summed E-state index contributed by atoms with van der Waals surface area (Å²) in [5.74, 6) is 0.0103. The van der Waals surface area contributed by atoms with Crippen LogP contribution < -0.4 is 0 Å².